The quantitative estimate of drug-likeness (QED) is 0.397. The van der Waals surface area contributed by atoms with Gasteiger partial charge in [-0.15, -0.1) is 0 Å². The number of anilines is 1. The van der Waals surface area contributed by atoms with Crippen molar-refractivity contribution in [3.05, 3.63) is 22.5 Å². The lowest BCUT2D eigenvalue weighted by atomic mass is 10.2. The molecule has 1 saturated heterocycles. The van der Waals surface area contributed by atoms with Crippen LogP contribution >= 0.6 is 23.2 Å². The van der Waals surface area contributed by atoms with E-state index in [0.29, 0.717) is 0 Å². The summed E-state index contributed by atoms with van der Waals surface area (Å²) < 4.78 is 25.7. The number of aromatic nitrogens is 3. The van der Waals surface area contributed by atoms with Crippen LogP contribution in [-0.2, 0) is 9.47 Å². The average Bonchev–Trinajstić information content (AvgIpc) is 2.91. The second-order valence-electron chi connectivity index (χ2n) is 9.64. The topological polar surface area (TPSA) is 101 Å². The third kappa shape index (κ3) is 6.06. The minimum atomic E-state index is -0.862. The molecule has 1 fully saturated rings. The van der Waals surface area contributed by atoms with Crippen molar-refractivity contribution in [2.45, 2.75) is 52.7 Å². The molecule has 10 nitrogen and oxygen atoms in total. The van der Waals surface area contributed by atoms with Crippen molar-refractivity contribution >= 4 is 52.1 Å². The van der Waals surface area contributed by atoms with Crippen LogP contribution in [0.5, 0.6) is 0 Å². The molecule has 0 bridgehead atoms. The van der Waals surface area contributed by atoms with Gasteiger partial charge in [-0.05, 0) is 53.1 Å². The molecule has 0 aliphatic carbocycles. The fourth-order valence-electron chi connectivity index (χ4n) is 3.21. The monoisotopic (exact) mass is 516 g/mol. The molecule has 0 N–H and O–H groups in total. The molecule has 13 heteroatoms. The van der Waals surface area contributed by atoms with Gasteiger partial charge in [-0.2, -0.15) is 4.98 Å². The highest BCUT2D eigenvalue weighted by atomic mass is 35.5. The summed E-state index contributed by atoms with van der Waals surface area (Å²) >= 11 is 11.9. The second-order valence-corrected chi connectivity index (χ2v) is 10.3. The van der Waals surface area contributed by atoms with Gasteiger partial charge in [-0.1, -0.05) is 11.6 Å². The van der Waals surface area contributed by atoms with Gasteiger partial charge in [0.05, 0.1) is 18.5 Å². The highest BCUT2D eigenvalue weighted by molar-refractivity contribution is 6.30. The lowest BCUT2D eigenvalue weighted by Crippen LogP contribution is -2.50. The summed E-state index contributed by atoms with van der Waals surface area (Å²) in [6, 6.07) is 0. The number of fused-ring (bicyclic) bond motifs is 1. The summed E-state index contributed by atoms with van der Waals surface area (Å²) in [7, 11) is 0. The van der Waals surface area contributed by atoms with E-state index in [4.69, 9.17) is 32.7 Å². The predicted octanol–water partition coefficient (Wildman–Crippen LogP) is 4.68. The number of amides is 2. The predicted molar refractivity (Wildman–Crippen MR) is 125 cm³/mol. The van der Waals surface area contributed by atoms with E-state index in [2.05, 4.69) is 15.0 Å². The molecule has 34 heavy (non-hydrogen) atoms. The lowest BCUT2D eigenvalue weighted by molar-refractivity contribution is 0.0185. The Hall–Kier alpha value is -2.66. The van der Waals surface area contributed by atoms with Crippen LogP contribution in [0.25, 0.3) is 10.9 Å². The van der Waals surface area contributed by atoms with Crippen molar-refractivity contribution in [3.63, 3.8) is 0 Å². The van der Waals surface area contributed by atoms with E-state index in [0.717, 1.165) is 0 Å². The number of ether oxygens (including phenoxy) is 2. The van der Waals surface area contributed by atoms with Crippen molar-refractivity contribution < 1.29 is 23.5 Å². The first-order valence-electron chi connectivity index (χ1n) is 10.6. The van der Waals surface area contributed by atoms with Gasteiger partial charge in [-0.25, -0.2) is 29.0 Å². The maximum Gasteiger partial charge on any atom is 0.429 e. The van der Waals surface area contributed by atoms with E-state index in [1.165, 1.54) is 21.1 Å². The first-order valence-corrected chi connectivity index (χ1v) is 11.3. The zero-order valence-corrected chi connectivity index (χ0v) is 21.4. The molecule has 0 aromatic carbocycles. The van der Waals surface area contributed by atoms with Crippen LogP contribution in [-0.4, -0.2) is 74.4 Å². The van der Waals surface area contributed by atoms with Crippen molar-refractivity contribution in [1.29, 1.82) is 0 Å². The number of rotatable bonds is 1. The van der Waals surface area contributed by atoms with Crippen LogP contribution in [0.3, 0.4) is 0 Å². The SMILES string of the molecule is CC(C)(C)OC(=O)N1CCN(C(=O)OC(C)(C)C)N(c2nc(Cl)nc3c(F)c(Cl)ncc23)CC1. The maximum atomic E-state index is 14.7. The number of halogens is 3. The summed E-state index contributed by atoms with van der Waals surface area (Å²) in [4.78, 5) is 39.3. The largest absolute Gasteiger partial charge is 0.444 e. The highest BCUT2D eigenvalue weighted by Gasteiger charge is 2.34. The number of pyridine rings is 1. The number of hydrogen-bond acceptors (Lipinski definition) is 8. The Morgan fingerprint density at radius 1 is 0.941 bits per heavy atom. The summed E-state index contributed by atoms with van der Waals surface area (Å²) in [5, 5.41) is 2.33. The Labute approximate surface area is 206 Å². The Kier molecular flexibility index (Phi) is 7.28. The van der Waals surface area contributed by atoms with Gasteiger partial charge in [0.25, 0.3) is 0 Å². The second kappa shape index (κ2) is 9.53. The summed E-state index contributed by atoms with van der Waals surface area (Å²) in [6.45, 7) is 11.0. The zero-order valence-electron chi connectivity index (χ0n) is 19.9. The first kappa shape index (κ1) is 26.0. The van der Waals surface area contributed by atoms with Gasteiger partial charge in [0, 0.05) is 19.3 Å². The van der Waals surface area contributed by atoms with Crippen LogP contribution in [0.4, 0.5) is 19.8 Å². The van der Waals surface area contributed by atoms with E-state index in [1.54, 1.807) is 41.5 Å². The van der Waals surface area contributed by atoms with Crippen molar-refractivity contribution in [2.24, 2.45) is 0 Å². The number of hydrogen-bond donors (Lipinski definition) is 0. The van der Waals surface area contributed by atoms with Crippen molar-refractivity contribution in [3.8, 4) is 0 Å². The zero-order chi connectivity index (χ0) is 25.4. The molecule has 2 aromatic rings. The molecule has 3 rings (SSSR count). The minimum absolute atomic E-state index is 0.0563. The highest BCUT2D eigenvalue weighted by Crippen LogP contribution is 2.31. The number of carbonyl (C=O) groups is 2. The summed E-state index contributed by atoms with van der Waals surface area (Å²) in [5.41, 5.74) is -1.62. The smallest absolute Gasteiger partial charge is 0.429 e. The Balaban J connectivity index is 2.06. The van der Waals surface area contributed by atoms with Gasteiger partial charge in [0.15, 0.2) is 16.8 Å². The van der Waals surface area contributed by atoms with E-state index < -0.39 is 29.2 Å². The fraction of sp³-hybridized carbons (Fsp3) is 0.571. The van der Waals surface area contributed by atoms with E-state index in [1.807, 2.05) is 0 Å². The van der Waals surface area contributed by atoms with Gasteiger partial charge in [0.2, 0.25) is 5.28 Å². The summed E-state index contributed by atoms with van der Waals surface area (Å²) in [6.07, 6.45) is 0.100. The molecule has 0 radical (unpaired) electrons. The molecule has 186 valence electrons. The standard InChI is InChI=1S/C21H27Cl2FN6O4/c1-20(2,3)33-18(31)28-7-9-29(30(10-8-28)19(32)34-21(4,5)6)16-12-11-25-15(22)13(24)14(12)26-17(23)27-16/h11H,7-10H2,1-6H3. The minimum Gasteiger partial charge on any atom is -0.444 e. The van der Waals surface area contributed by atoms with Crippen LogP contribution in [0, 0.1) is 5.82 Å². The number of carbonyl (C=O) groups excluding carboxylic acids is 2. The molecule has 0 atom stereocenters. The Morgan fingerprint density at radius 2 is 1.53 bits per heavy atom. The van der Waals surface area contributed by atoms with Gasteiger partial charge in [-0.3, -0.25) is 5.01 Å². The third-order valence-electron chi connectivity index (χ3n) is 4.55. The van der Waals surface area contributed by atoms with E-state index >= 15 is 0 Å². The molecule has 1 aliphatic rings. The van der Waals surface area contributed by atoms with Crippen LogP contribution in [0.1, 0.15) is 41.5 Å². The van der Waals surface area contributed by atoms with Gasteiger partial charge < -0.3 is 14.4 Å². The van der Waals surface area contributed by atoms with Gasteiger partial charge in [0.1, 0.15) is 16.7 Å². The molecule has 1 aliphatic heterocycles. The van der Waals surface area contributed by atoms with Crippen LogP contribution < -0.4 is 5.01 Å². The normalized spacial score (nSPS) is 15.4. The maximum absolute atomic E-state index is 14.7. The Bertz CT molecular complexity index is 1110. The molecular weight excluding hydrogens is 490 g/mol. The van der Waals surface area contributed by atoms with Crippen molar-refractivity contribution in [1.82, 2.24) is 24.9 Å². The molecule has 3 heterocycles. The molecular formula is C21H27Cl2FN6O4. The molecule has 2 amide bonds. The first-order chi connectivity index (χ1) is 15.7. The lowest BCUT2D eigenvalue weighted by Gasteiger charge is -2.35. The van der Waals surface area contributed by atoms with Crippen molar-refractivity contribution in [2.75, 3.05) is 31.2 Å². The average molecular weight is 517 g/mol. The molecule has 0 spiro atoms. The third-order valence-corrected chi connectivity index (χ3v) is 4.98. The van der Waals surface area contributed by atoms with E-state index in [9.17, 15) is 14.0 Å². The number of hydrazine groups is 1. The fourth-order valence-corrected chi connectivity index (χ4v) is 3.51. The molecule has 0 unspecified atom stereocenters. The van der Waals surface area contributed by atoms with Gasteiger partial charge >= 0.3 is 12.2 Å². The number of nitrogens with zero attached hydrogens (tertiary/aromatic N) is 6. The molecule has 0 saturated carbocycles. The van der Waals surface area contributed by atoms with Crippen LogP contribution in [0.15, 0.2) is 6.20 Å². The molecule has 2 aromatic heterocycles. The summed E-state index contributed by atoms with van der Waals surface area (Å²) in [5.74, 6) is -0.742. The Morgan fingerprint density at radius 3 is 2.15 bits per heavy atom. The van der Waals surface area contributed by atoms with Crippen LogP contribution in [0.2, 0.25) is 10.4 Å². The van der Waals surface area contributed by atoms with E-state index in [-0.39, 0.29) is 53.3 Å².